The summed E-state index contributed by atoms with van der Waals surface area (Å²) in [7, 11) is 1.85. The Morgan fingerprint density at radius 1 is 1.37 bits per heavy atom. The summed E-state index contributed by atoms with van der Waals surface area (Å²) in [5.74, 6) is 1.05. The van der Waals surface area contributed by atoms with Crippen LogP contribution in [-0.4, -0.2) is 46.7 Å². The highest BCUT2D eigenvalue weighted by atomic mass is 16.5. The second-order valence-corrected chi connectivity index (χ2v) is 10.5. The van der Waals surface area contributed by atoms with Crippen molar-refractivity contribution >= 4 is 11.8 Å². The average Bonchev–Trinajstić information content (AvgIpc) is 3.34. The Morgan fingerprint density at radius 2 is 2.13 bits per heavy atom. The van der Waals surface area contributed by atoms with E-state index < -0.39 is 0 Å². The Morgan fingerprint density at radius 3 is 2.80 bits per heavy atom. The molecule has 2 aliphatic carbocycles. The van der Waals surface area contributed by atoms with Gasteiger partial charge in [0.2, 0.25) is 5.91 Å². The average molecular weight is 417 g/mol. The first-order chi connectivity index (χ1) is 14.1. The molecule has 7 heteroatoms. The first-order valence-electron chi connectivity index (χ1n) is 11.3. The van der Waals surface area contributed by atoms with Crippen LogP contribution in [0.25, 0.3) is 0 Å². The molecular formula is C23H36N4O3. The Bertz CT molecular complexity index is 817. The first-order valence-corrected chi connectivity index (χ1v) is 11.3. The van der Waals surface area contributed by atoms with Crippen molar-refractivity contribution in [2.75, 3.05) is 13.2 Å². The number of nitrogens with zero attached hydrogens (tertiary/aromatic N) is 2. The van der Waals surface area contributed by atoms with Crippen LogP contribution >= 0.6 is 0 Å². The van der Waals surface area contributed by atoms with Gasteiger partial charge in [0, 0.05) is 38.4 Å². The number of amides is 2. The number of carbonyl (C=O) groups is 2. The lowest BCUT2D eigenvalue weighted by atomic mass is 9.59. The molecule has 2 heterocycles. The molecule has 3 aliphatic rings. The van der Waals surface area contributed by atoms with Gasteiger partial charge in [0.05, 0.1) is 12.4 Å². The molecule has 3 fully saturated rings. The topological polar surface area (TPSA) is 85.3 Å². The molecule has 1 spiro atoms. The standard InChI is InChI=1S/C23H36N4O3/c1-14(2)19(28)26-21-22(3,4)15-10-16-18(30-9-7-23(16,21)11-15)6-8-24-20(29)17-12-27(5)13-25-17/h12-16,18,21H,6-11H2,1-5H3,(H,24,29)(H,26,28)/t15-,16-,18-,21-,23-/m1/s1. The molecule has 4 rings (SSSR count). The molecule has 166 valence electrons. The van der Waals surface area contributed by atoms with Gasteiger partial charge in [0.25, 0.3) is 5.91 Å². The van der Waals surface area contributed by atoms with Crippen LogP contribution in [0.15, 0.2) is 12.5 Å². The molecule has 7 nitrogen and oxygen atoms in total. The summed E-state index contributed by atoms with van der Waals surface area (Å²) in [6, 6.07) is 0.193. The van der Waals surface area contributed by atoms with Gasteiger partial charge in [0.1, 0.15) is 5.69 Å². The van der Waals surface area contributed by atoms with E-state index in [0.29, 0.717) is 24.1 Å². The van der Waals surface area contributed by atoms with Gasteiger partial charge >= 0.3 is 0 Å². The van der Waals surface area contributed by atoms with E-state index in [1.165, 1.54) is 6.42 Å². The summed E-state index contributed by atoms with van der Waals surface area (Å²) in [6.07, 6.45) is 7.61. The fourth-order valence-corrected chi connectivity index (χ4v) is 6.45. The number of hydrogen-bond donors (Lipinski definition) is 2. The van der Waals surface area contributed by atoms with Crippen LogP contribution in [0.5, 0.6) is 0 Å². The van der Waals surface area contributed by atoms with Crippen molar-refractivity contribution in [1.29, 1.82) is 0 Å². The highest BCUT2D eigenvalue weighted by molar-refractivity contribution is 5.91. The van der Waals surface area contributed by atoms with E-state index in [1.807, 2.05) is 20.9 Å². The first kappa shape index (κ1) is 21.3. The maximum Gasteiger partial charge on any atom is 0.271 e. The Hall–Kier alpha value is -1.89. The molecule has 2 amide bonds. The number of rotatable bonds is 6. The lowest BCUT2D eigenvalue weighted by molar-refractivity contribution is -0.138. The number of aryl methyl sites for hydroxylation is 1. The fourth-order valence-electron chi connectivity index (χ4n) is 6.45. The molecule has 2 N–H and O–H groups in total. The van der Waals surface area contributed by atoms with Crippen molar-refractivity contribution in [1.82, 2.24) is 20.2 Å². The zero-order chi connectivity index (χ0) is 21.7. The highest BCUT2D eigenvalue weighted by Crippen LogP contribution is 2.68. The maximum atomic E-state index is 12.6. The van der Waals surface area contributed by atoms with Crippen molar-refractivity contribution in [3.05, 3.63) is 18.2 Å². The fraction of sp³-hybridized carbons (Fsp3) is 0.783. The van der Waals surface area contributed by atoms with E-state index in [2.05, 4.69) is 29.5 Å². The third kappa shape index (κ3) is 3.45. The molecule has 1 aromatic heterocycles. The quantitative estimate of drug-likeness (QED) is 0.746. The number of carbonyl (C=O) groups excluding carboxylic acids is 2. The molecule has 1 aliphatic heterocycles. The Labute approximate surface area is 179 Å². The van der Waals surface area contributed by atoms with Crippen molar-refractivity contribution in [3.8, 4) is 0 Å². The molecule has 1 aromatic rings. The highest BCUT2D eigenvalue weighted by Gasteiger charge is 2.68. The summed E-state index contributed by atoms with van der Waals surface area (Å²) >= 11 is 0. The summed E-state index contributed by atoms with van der Waals surface area (Å²) < 4.78 is 7.99. The van der Waals surface area contributed by atoms with Gasteiger partial charge in [-0.3, -0.25) is 9.59 Å². The second kappa shape index (κ2) is 7.66. The van der Waals surface area contributed by atoms with Crippen LogP contribution in [0.1, 0.15) is 63.9 Å². The van der Waals surface area contributed by atoms with Gasteiger partial charge < -0.3 is 19.9 Å². The molecule has 0 aromatic carbocycles. The maximum absolute atomic E-state index is 12.6. The SMILES string of the molecule is CC(C)C(=O)N[C@@H]1C(C)(C)[C@@H]2C[C@@H]3[C@@H](CCNC(=O)c4cn(C)cn4)OCC[C@@]31C2. The van der Waals surface area contributed by atoms with Crippen molar-refractivity contribution in [3.63, 3.8) is 0 Å². The number of hydrogen-bond acceptors (Lipinski definition) is 4. The van der Waals surface area contributed by atoms with E-state index in [0.717, 1.165) is 25.9 Å². The predicted molar refractivity (Wildman–Crippen MR) is 114 cm³/mol. The van der Waals surface area contributed by atoms with Crippen molar-refractivity contribution in [2.45, 2.75) is 65.5 Å². The molecule has 2 bridgehead atoms. The zero-order valence-corrected chi connectivity index (χ0v) is 18.9. The van der Waals surface area contributed by atoms with Gasteiger partial charge in [-0.1, -0.05) is 27.7 Å². The number of fused-ring (bicyclic) bond motifs is 1. The van der Waals surface area contributed by atoms with Crippen molar-refractivity contribution in [2.24, 2.45) is 35.6 Å². The molecule has 5 atom stereocenters. The van der Waals surface area contributed by atoms with Gasteiger partial charge in [-0.2, -0.15) is 0 Å². The summed E-state index contributed by atoms with van der Waals surface area (Å²) in [5.41, 5.74) is 0.666. The minimum atomic E-state index is -0.141. The molecular weight excluding hydrogens is 380 g/mol. The minimum Gasteiger partial charge on any atom is -0.378 e. The molecule has 2 saturated carbocycles. The van der Waals surface area contributed by atoms with E-state index in [9.17, 15) is 9.59 Å². The summed E-state index contributed by atoms with van der Waals surface area (Å²) in [6.45, 7) is 9.87. The van der Waals surface area contributed by atoms with Crippen LogP contribution in [-0.2, 0) is 16.6 Å². The van der Waals surface area contributed by atoms with Crippen LogP contribution < -0.4 is 10.6 Å². The van der Waals surface area contributed by atoms with Crippen LogP contribution in [0.3, 0.4) is 0 Å². The zero-order valence-electron chi connectivity index (χ0n) is 18.9. The van der Waals surface area contributed by atoms with E-state index in [4.69, 9.17) is 4.74 Å². The minimum absolute atomic E-state index is 0.00720. The molecule has 30 heavy (non-hydrogen) atoms. The monoisotopic (exact) mass is 416 g/mol. The second-order valence-electron chi connectivity index (χ2n) is 10.5. The van der Waals surface area contributed by atoms with Gasteiger partial charge in [-0.05, 0) is 48.3 Å². The molecule has 0 radical (unpaired) electrons. The van der Waals surface area contributed by atoms with Crippen molar-refractivity contribution < 1.29 is 14.3 Å². The Kier molecular flexibility index (Phi) is 5.45. The molecule has 0 unspecified atom stereocenters. The molecule has 1 saturated heterocycles. The number of imidazole rings is 1. The number of ether oxygens (including phenoxy) is 1. The Balaban J connectivity index is 1.43. The van der Waals surface area contributed by atoms with Crippen LogP contribution in [0.4, 0.5) is 0 Å². The van der Waals surface area contributed by atoms with Crippen LogP contribution in [0, 0.1) is 28.6 Å². The van der Waals surface area contributed by atoms with Gasteiger partial charge in [0.15, 0.2) is 0 Å². The predicted octanol–water partition coefficient (Wildman–Crippen LogP) is 2.52. The van der Waals surface area contributed by atoms with Crippen LogP contribution in [0.2, 0.25) is 0 Å². The number of nitrogens with one attached hydrogen (secondary N) is 2. The lowest BCUT2D eigenvalue weighted by Crippen LogP contribution is -2.60. The smallest absolute Gasteiger partial charge is 0.271 e. The third-order valence-electron chi connectivity index (χ3n) is 8.09. The normalized spacial score (nSPS) is 34.1. The number of aromatic nitrogens is 2. The van der Waals surface area contributed by atoms with Gasteiger partial charge in [-0.25, -0.2) is 4.98 Å². The van der Waals surface area contributed by atoms with E-state index in [1.54, 1.807) is 17.1 Å². The van der Waals surface area contributed by atoms with Gasteiger partial charge in [-0.15, -0.1) is 0 Å². The van der Waals surface area contributed by atoms with E-state index >= 15 is 0 Å². The summed E-state index contributed by atoms with van der Waals surface area (Å²) in [5, 5.41) is 6.43. The summed E-state index contributed by atoms with van der Waals surface area (Å²) in [4.78, 5) is 29.0. The lowest BCUT2D eigenvalue weighted by Gasteiger charge is -2.53. The largest absolute Gasteiger partial charge is 0.378 e. The van der Waals surface area contributed by atoms with E-state index in [-0.39, 0.29) is 40.7 Å². The third-order valence-corrected chi connectivity index (χ3v) is 8.09.